The van der Waals surface area contributed by atoms with Crippen LogP contribution in [0, 0.1) is 0 Å². The molecule has 0 aromatic carbocycles. The SMILES string of the molecule is C=c1cn[nH]/c1=C/C=C(\C)NC. The normalized spacial score (nSPS) is 13.5. The van der Waals surface area contributed by atoms with Gasteiger partial charge in [0.15, 0.2) is 0 Å². The van der Waals surface area contributed by atoms with Gasteiger partial charge in [0.1, 0.15) is 0 Å². The Hall–Kier alpha value is -1.51. The molecule has 0 amide bonds. The van der Waals surface area contributed by atoms with E-state index in [1.807, 2.05) is 26.1 Å². The summed E-state index contributed by atoms with van der Waals surface area (Å²) in [7, 11) is 1.89. The fourth-order valence-electron chi connectivity index (χ4n) is 0.757. The van der Waals surface area contributed by atoms with Gasteiger partial charge in [-0.3, -0.25) is 5.10 Å². The second-order valence-corrected chi connectivity index (χ2v) is 2.58. The highest BCUT2D eigenvalue weighted by atomic mass is 15.1. The highest BCUT2D eigenvalue weighted by Crippen LogP contribution is 1.82. The average molecular weight is 163 g/mol. The first kappa shape index (κ1) is 8.59. The Labute approximate surface area is 71.5 Å². The van der Waals surface area contributed by atoms with Gasteiger partial charge in [-0.15, -0.1) is 0 Å². The number of hydrogen-bond donors (Lipinski definition) is 2. The van der Waals surface area contributed by atoms with E-state index in [-0.39, 0.29) is 0 Å². The molecule has 0 unspecified atom stereocenters. The van der Waals surface area contributed by atoms with E-state index in [2.05, 4.69) is 22.1 Å². The van der Waals surface area contributed by atoms with Crippen molar-refractivity contribution in [1.82, 2.24) is 15.5 Å². The van der Waals surface area contributed by atoms with Gasteiger partial charge >= 0.3 is 0 Å². The largest absolute Gasteiger partial charge is 0.392 e. The molecule has 0 atom stereocenters. The van der Waals surface area contributed by atoms with Crippen LogP contribution in [-0.2, 0) is 0 Å². The van der Waals surface area contributed by atoms with Crippen LogP contribution in [0.5, 0.6) is 0 Å². The van der Waals surface area contributed by atoms with Crippen LogP contribution in [-0.4, -0.2) is 17.2 Å². The topological polar surface area (TPSA) is 40.7 Å². The molecular formula is C9H13N3. The molecule has 1 aromatic heterocycles. The Morgan fingerprint density at radius 3 is 3.00 bits per heavy atom. The summed E-state index contributed by atoms with van der Waals surface area (Å²) >= 11 is 0. The van der Waals surface area contributed by atoms with Gasteiger partial charge in [0.05, 0.1) is 11.5 Å². The molecule has 2 N–H and O–H groups in total. The predicted molar refractivity (Wildman–Crippen MR) is 50.6 cm³/mol. The first-order valence-corrected chi connectivity index (χ1v) is 3.78. The van der Waals surface area contributed by atoms with Gasteiger partial charge in [0, 0.05) is 18.0 Å². The molecule has 1 heterocycles. The molecule has 0 aliphatic carbocycles. The number of aromatic nitrogens is 2. The Kier molecular flexibility index (Phi) is 2.69. The maximum absolute atomic E-state index is 3.86. The summed E-state index contributed by atoms with van der Waals surface area (Å²) in [5.41, 5.74) is 1.10. The average Bonchev–Trinajstić information content (AvgIpc) is 2.47. The van der Waals surface area contributed by atoms with Crippen LogP contribution in [0.25, 0.3) is 12.7 Å². The lowest BCUT2D eigenvalue weighted by atomic mass is 10.3. The van der Waals surface area contributed by atoms with Gasteiger partial charge in [-0.1, -0.05) is 6.58 Å². The van der Waals surface area contributed by atoms with Gasteiger partial charge in [-0.25, -0.2) is 0 Å². The van der Waals surface area contributed by atoms with Crippen molar-refractivity contribution >= 4 is 12.7 Å². The molecule has 12 heavy (non-hydrogen) atoms. The molecule has 1 aromatic rings. The molecule has 0 aliphatic rings. The molecule has 3 nitrogen and oxygen atoms in total. The van der Waals surface area contributed by atoms with Gasteiger partial charge in [0.25, 0.3) is 0 Å². The Balaban J connectivity index is 2.99. The van der Waals surface area contributed by atoms with Crippen LogP contribution in [0.3, 0.4) is 0 Å². The van der Waals surface area contributed by atoms with Crippen LogP contribution in [0.1, 0.15) is 6.92 Å². The van der Waals surface area contributed by atoms with E-state index in [9.17, 15) is 0 Å². The van der Waals surface area contributed by atoms with Crippen molar-refractivity contribution in [3.05, 3.63) is 28.5 Å². The Morgan fingerprint density at radius 1 is 1.75 bits per heavy atom. The fraction of sp³-hybridized carbons (Fsp3) is 0.222. The zero-order valence-corrected chi connectivity index (χ0v) is 7.39. The molecule has 0 saturated carbocycles. The first-order chi connectivity index (χ1) is 5.74. The van der Waals surface area contributed by atoms with Gasteiger partial charge in [-0.2, -0.15) is 5.10 Å². The zero-order chi connectivity index (χ0) is 8.97. The second-order valence-electron chi connectivity index (χ2n) is 2.58. The number of rotatable bonds is 2. The molecule has 0 saturated heterocycles. The van der Waals surface area contributed by atoms with Crippen molar-refractivity contribution < 1.29 is 0 Å². The van der Waals surface area contributed by atoms with Crippen molar-refractivity contribution in [1.29, 1.82) is 0 Å². The van der Waals surface area contributed by atoms with Crippen LogP contribution >= 0.6 is 0 Å². The minimum absolute atomic E-state index is 0.912. The van der Waals surface area contributed by atoms with Crippen LogP contribution < -0.4 is 15.9 Å². The van der Waals surface area contributed by atoms with Crippen molar-refractivity contribution in [3.8, 4) is 0 Å². The standard InChI is InChI=1S/C9H13N3/c1-7-6-11-12-9(7)5-4-8(2)10-3/h4-6,10,12H,1H2,2-3H3/b8-4+,9-5+. The van der Waals surface area contributed by atoms with Crippen molar-refractivity contribution in [2.75, 3.05) is 7.05 Å². The second kappa shape index (κ2) is 3.76. The third-order valence-electron chi connectivity index (χ3n) is 1.65. The molecule has 1 rings (SSSR count). The molecular weight excluding hydrogens is 150 g/mol. The molecule has 64 valence electrons. The summed E-state index contributed by atoms with van der Waals surface area (Å²) in [6.07, 6.45) is 5.62. The molecule has 0 fully saturated rings. The van der Waals surface area contributed by atoms with Crippen molar-refractivity contribution in [3.63, 3.8) is 0 Å². The monoisotopic (exact) mass is 163 g/mol. The number of H-pyrrole nitrogens is 1. The van der Waals surface area contributed by atoms with E-state index in [0.717, 1.165) is 16.3 Å². The van der Waals surface area contributed by atoms with Crippen molar-refractivity contribution in [2.24, 2.45) is 0 Å². The fourth-order valence-corrected chi connectivity index (χ4v) is 0.757. The third-order valence-corrected chi connectivity index (χ3v) is 1.65. The Morgan fingerprint density at radius 2 is 2.50 bits per heavy atom. The lowest BCUT2D eigenvalue weighted by Gasteiger charge is -1.93. The van der Waals surface area contributed by atoms with Crippen LogP contribution in [0.15, 0.2) is 18.0 Å². The van der Waals surface area contributed by atoms with E-state index in [1.165, 1.54) is 0 Å². The number of hydrogen-bond acceptors (Lipinski definition) is 2. The molecule has 0 aliphatic heterocycles. The smallest absolute Gasteiger partial charge is 0.0644 e. The highest BCUT2D eigenvalue weighted by Gasteiger charge is 1.82. The minimum atomic E-state index is 0.912. The maximum Gasteiger partial charge on any atom is 0.0644 e. The maximum atomic E-state index is 3.86. The summed E-state index contributed by atoms with van der Waals surface area (Å²) in [5.74, 6) is 0. The van der Waals surface area contributed by atoms with Gasteiger partial charge < -0.3 is 5.32 Å². The van der Waals surface area contributed by atoms with E-state index < -0.39 is 0 Å². The molecule has 0 spiro atoms. The highest BCUT2D eigenvalue weighted by molar-refractivity contribution is 5.36. The number of nitrogens with one attached hydrogen (secondary N) is 2. The van der Waals surface area contributed by atoms with E-state index in [4.69, 9.17) is 0 Å². The number of aromatic amines is 1. The van der Waals surface area contributed by atoms with E-state index >= 15 is 0 Å². The summed E-state index contributed by atoms with van der Waals surface area (Å²) < 4.78 is 0. The van der Waals surface area contributed by atoms with E-state index in [1.54, 1.807) is 6.20 Å². The van der Waals surface area contributed by atoms with Crippen molar-refractivity contribution in [2.45, 2.75) is 6.92 Å². The lowest BCUT2D eigenvalue weighted by Crippen LogP contribution is -2.19. The summed E-state index contributed by atoms with van der Waals surface area (Å²) in [5, 5.41) is 11.6. The lowest BCUT2D eigenvalue weighted by molar-refractivity contribution is 0.992. The molecule has 0 radical (unpaired) electrons. The first-order valence-electron chi connectivity index (χ1n) is 3.78. The summed E-state index contributed by atoms with van der Waals surface area (Å²) in [4.78, 5) is 0. The zero-order valence-electron chi connectivity index (χ0n) is 7.39. The van der Waals surface area contributed by atoms with Gasteiger partial charge in [-0.05, 0) is 19.1 Å². The summed E-state index contributed by atoms with van der Waals surface area (Å²) in [6.45, 7) is 5.81. The summed E-state index contributed by atoms with van der Waals surface area (Å²) in [6, 6.07) is 0. The number of nitrogens with zero attached hydrogens (tertiary/aromatic N) is 1. The Bertz CT molecular complexity index is 373. The molecule has 3 heteroatoms. The molecule has 0 bridgehead atoms. The minimum Gasteiger partial charge on any atom is -0.392 e. The predicted octanol–water partition coefficient (Wildman–Crippen LogP) is -0.276. The quantitative estimate of drug-likeness (QED) is 0.629. The van der Waals surface area contributed by atoms with Crippen LogP contribution in [0.2, 0.25) is 0 Å². The van der Waals surface area contributed by atoms with Crippen LogP contribution in [0.4, 0.5) is 0 Å². The third kappa shape index (κ3) is 1.99. The number of allylic oxidation sites excluding steroid dienone is 2. The van der Waals surface area contributed by atoms with E-state index in [0.29, 0.717) is 0 Å². The van der Waals surface area contributed by atoms with Gasteiger partial charge in [0.2, 0.25) is 0 Å².